The van der Waals surface area contributed by atoms with Crippen LogP contribution in [0.3, 0.4) is 0 Å². The number of hydrogen-bond donors (Lipinski definition) is 3. The predicted molar refractivity (Wildman–Crippen MR) is 139 cm³/mol. The SMILES string of the molecule is CC.N=C(c1cccs1)N1CCC(c2c[nH]c3ccc(N=C(N)c4cccs4)cc23)CC1. The van der Waals surface area contributed by atoms with Crippen molar-refractivity contribution in [1.29, 1.82) is 5.41 Å². The Kier molecular flexibility index (Phi) is 7.07. The van der Waals surface area contributed by atoms with E-state index in [0.717, 1.165) is 46.9 Å². The number of aromatic amines is 1. The minimum Gasteiger partial charge on any atom is -0.383 e. The number of aromatic nitrogens is 1. The van der Waals surface area contributed by atoms with Crippen LogP contribution in [0.5, 0.6) is 0 Å². The molecule has 166 valence electrons. The Bertz CT molecular complexity index is 1180. The first-order valence-electron chi connectivity index (χ1n) is 11.1. The van der Waals surface area contributed by atoms with Gasteiger partial charge in [0.15, 0.2) is 0 Å². The number of thiophene rings is 2. The van der Waals surface area contributed by atoms with Crippen LogP contribution in [0.15, 0.2) is 64.4 Å². The molecule has 0 bridgehead atoms. The van der Waals surface area contributed by atoms with E-state index in [2.05, 4.69) is 33.2 Å². The molecule has 1 aliphatic rings. The van der Waals surface area contributed by atoms with Crippen LogP contribution in [0.2, 0.25) is 0 Å². The molecule has 1 fully saturated rings. The molecular weight excluding hydrogens is 434 g/mol. The molecule has 4 heterocycles. The zero-order valence-electron chi connectivity index (χ0n) is 18.5. The Balaban J connectivity index is 0.00000119. The highest BCUT2D eigenvalue weighted by Crippen LogP contribution is 2.35. The molecule has 0 unspecified atom stereocenters. The van der Waals surface area contributed by atoms with Crippen molar-refractivity contribution in [2.75, 3.05) is 13.1 Å². The van der Waals surface area contributed by atoms with E-state index in [1.807, 2.05) is 54.9 Å². The maximum absolute atomic E-state index is 8.47. The lowest BCUT2D eigenvalue weighted by atomic mass is 9.89. The Morgan fingerprint density at radius 3 is 2.41 bits per heavy atom. The first kappa shape index (κ1) is 22.3. The zero-order valence-corrected chi connectivity index (χ0v) is 20.1. The van der Waals surface area contributed by atoms with Crippen LogP contribution in [0.1, 0.15) is 47.9 Å². The van der Waals surface area contributed by atoms with Gasteiger partial charge in [-0.05, 0) is 65.4 Å². The van der Waals surface area contributed by atoms with Crippen molar-refractivity contribution in [2.45, 2.75) is 32.6 Å². The topological polar surface area (TPSA) is 81.3 Å². The molecule has 1 saturated heterocycles. The predicted octanol–water partition coefficient (Wildman–Crippen LogP) is 6.56. The molecule has 0 atom stereocenters. The third kappa shape index (κ3) is 4.64. The summed E-state index contributed by atoms with van der Waals surface area (Å²) < 4.78 is 0. The molecule has 1 aromatic carbocycles. The van der Waals surface area contributed by atoms with Gasteiger partial charge in [-0.2, -0.15) is 0 Å². The van der Waals surface area contributed by atoms with Crippen LogP contribution < -0.4 is 5.73 Å². The van der Waals surface area contributed by atoms with Gasteiger partial charge in [0.2, 0.25) is 0 Å². The van der Waals surface area contributed by atoms with Gasteiger partial charge in [-0.15, -0.1) is 22.7 Å². The minimum absolute atomic E-state index is 0.486. The lowest BCUT2D eigenvalue weighted by Gasteiger charge is -2.33. The third-order valence-corrected chi connectivity index (χ3v) is 7.50. The van der Waals surface area contributed by atoms with Gasteiger partial charge >= 0.3 is 0 Å². The van der Waals surface area contributed by atoms with Crippen molar-refractivity contribution in [1.82, 2.24) is 9.88 Å². The van der Waals surface area contributed by atoms with Crippen LogP contribution in [0, 0.1) is 5.41 Å². The quantitative estimate of drug-likeness (QED) is 0.237. The van der Waals surface area contributed by atoms with Crippen LogP contribution >= 0.6 is 22.7 Å². The largest absolute Gasteiger partial charge is 0.383 e. The van der Waals surface area contributed by atoms with E-state index in [1.54, 1.807) is 22.7 Å². The molecule has 7 heteroatoms. The second-order valence-corrected chi connectivity index (χ2v) is 9.43. The molecule has 0 radical (unpaired) electrons. The Morgan fingerprint density at radius 1 is 1.06 bits per heavy atom. The first-order valence-corrected chi connectivity index (χ1v) is 12.8. The molecule has 0 aliphatic carbocycles. The van der Waals surface area contributed by atoms with E-state index in [0.29, 0.717) is 17.6 Å². The van der Waals surface area contributed by atoms with Crippen LogP contribution in [0.4, 0.5) is 5.69 Å². The van der Waals surface area contributed by atoms with Gasteiger partial charge < -0.3 is 15.6 Å². The number of nitrogens with two attached hydrogens (primary N) is 1. The number of rotatable bonds is 4. The van der Waals surface area contributed by atoms with Crippen molar-refractivity contribution >= 4 is 50.9 Å². The first-order chi connectivity index (χ1) is 15.7. The Morgan fingerprint density at radius 2 is 1.75 bits per heavy atom. The minimum atomic E-state index is 0.486. The number of hydrogen-bond acceptors (Lipinski definition) is 4. The lowest BCUT2D eigenvalue weighted by Crippen LogP contribution is -2.37. The van der Waals surface area contributed by atoms with Gasteiger partial charge in [-0.3, -0.25) is 5.41 Å². The molecule has 0 spiro atoms. The number of nitrogens with one attached hydrogen (secondary N) is 2. The summed E-state index contributed by atoms with van der Waals surface area (Å²) in [6, 6.07) is 14.3. The molecule has 4 N–H and O–H groups in total. The van der Waals surface area contributed by atoms with Crippen molar-refractivity contribution in [3.8, 4) is 0 Å². The number of piperidine rings is 1. The lowest BCUT2D eigenvalue weighted by molar-refractivity contribution is 0.313. The molecule has 5 rings (SSSR count). The number of likely N-dealkylation sites (tertiary alicyclic amines) is 1. The van der Waals surface area contributed by atoms with E-state index in [9.17, 15) is 0 Å². The summed E-state index contributed by atoms with van der Waals surface area (Å²) in [5.74, 6) is 1.70. The highest BCUT2D eigenvalue weighted by molar-refractivity contribution is 7.12. The number of H-pyrrole nitrogens is 1. The second kappa shape index (κ2) is 10.1. The van der Waals surface area contributed by atoms with E-state index >= 15 is 0 Å². The fourth-order valence-electron chi connectivity index (χ4n) is 4.14. The van der Waals surface area contributed by atoms with E-state index in [4.69, 9.17) is 11.1 Å². The molecule has 5 nitrogen and oxygen atoms in total. The fourth-order valence-corrected chi connectivity index (χ4v) is 5.47. The van der Waals surface area contributed by atoms with Gasteiger partial charge in [-0.1, -0.05) is 26.0 Å². The van der Waals surface area contributed by atoms with Crippen molar-refractivity contribution < 1.29 is 0 Å². The number of aliphatic imine (C=N–C) groups is 1. The summed E-state index contributed by atoms with van der Waals surface area (Å²) in [5.41, 5.74) is 9.54. The molecule has 1 aliphatic heterocycles. The molecule has 0 amide bonds. The summed E-state index contributed by atoms with van der Waals surface area (Å²) in [6.07, 6.45) is 4.24. The average Bonchev–Trinajstić information content (AvgIpc) is 3.62. The highest BCUT2D eigenvalue weighted by atomic mass is 32.1. The third-order valence-electron chi connectivity index (χ3n) is 5.73. The van der Waals surface area contributed by atoms with E-state index in [-0.39, 0.29) is 0 Å². The number of fused-ring (bicyclic) bond motifs is 1. The summed E-state index contributed by atoms with van der Waals surface area (Å²) >= 11 is 3.24. The second-order valence-electron chi connectivity index (χ2n) is 7.54. The zero-order chi connectivity index (χ0) is 22.5. The van der Waals surface area contributed by atoms with E-state index in [1.165, 1.54) is 10.9 Å². The normalized spacial score (nSPS) is 14.9. The molecule has 32 heavy (non-hydrogen) atoms. The fraction of sp³-hybridized carbons (Fsp3) is 0.280. The maximum atomic E-state index is 8.47. The monoisotopic (exact) mass is 463 g/mol. The molecular formula is C25H29N5S2. The van der Waals surface area contributed by atoms with Gasteiger partial charge in [0.1, 0.15) is 11.7 Å². The van der Waals surface area contributed by atoms with Gasteiger partial charge in [0.05, 0.1) is 15.4 Å². The van der Waals surface area contributed by atoms with Crippen molar-refractivity contribution in [3.05, 3.63) is 74.7 Å². The van der Waals surface area contributed by atoms with E-state index < -0.39 is 0 Å². The summed E-state index contributed by atoms with van der Waals surface area (Å²) in [6.45, 7) is 5.83. The van der Waals surface area contributed by atoms with Crippen molar-refractivity contribution in [3.63, 3.8) is 0 Å². The van der Waals surface area contributed by atoms with Gasteiger partial charge in [-0.25, -0.2) is 4.99 Å². The van der Waals surface area contributed by atoms with Crippen LogP contribution in [0.25, 0.3) is 10.9 Å². The van der Waals surface area contributed by atoms with Crippen molar-refractivity contribution in [2.24, 2.45) is 10.7 Å². The average molecular weight is 464 g/mol. The Hall–Kier alpha value is -2.90. The molecule has 3 aromatic heterocycles. The van der Waals surface area contributed by atoms with Crippen LogP contribution in [-0.2, 0) is 0 Å². The molecule has 4 aromatic rings. The highest BCUT2D eigenvalue weighted by Gasteiger charge is 2.25. The standard InChI is InChI=1S/C23H23N5S2.C2H6/c24-22(20-3-1-11-29-20)27-16-5-6-19-17(13-16)18(14-26-19)15-7-9-28(10-8-15)23(25)21-4-2-12-30-21;1-2/h1-6,11-15,25-26H,7-10H2,(H2,24,27);1-2H3. The smallest absolute Gasteiger partial charge is 0.141 e. The van der Waals surface area contributed by atoms with Gasteiger partial charge in [0, 0.05) is 30.2 Å². The maximum Gasteiger partial charge on any atom is 0.141 e. The number of amidine groups is 2. The number of benzene rings is 1. The Labute approximate surface area is 197 Å². The van der Waals surface area contributed by atoms with Crippen LogP contribution in [-0.4, -0.2) is 34.6 Å². The summed E-state index contributed by atoms with van der Waals surface area (Å²) in [4.78, 5) is 12.3. The molecule has 0 saturated carbocycles. The summed E-state index contributed by atoms with van der Waals surface area (Å²) in [5, 5.41) is 13.7. The number of nitrogens with zero attached hydrogens (tertiary/aromatic N) is 2. The summed E-state index contributed by atoms with van der Waals surface area (Å²) in [7, 11) is 0. The van der Waals surface area contributed by atoms with Gasteiger partial charge in [0.25, 0.3) is 0 Å².